The predicted octanol–water partition coefficient (Wildman–Crippen LogP) is 2.00. The molecule has 1 aliphatic carbocycles. The molecule has 1 aliphatic heterocycles. The van der Waals surface area contributed by atoms with Crippen molar-refractivity contribution in [2.45, 2.75) is 43.5 Å². The van der Waals surface area contributed by atoms with Crippen LogP contribution in [0.15, 0.2) is 34.2 Å². The third-order valence-corrected chi connectivity index (χ3v) is 6.22. The minimum atomic E-state index is -3.64. The number of carboxylic acids is 1. The molecule has 124 valence electrons. The normalized spacial score (nSPS) is 24.1. The third kappa shape index (κ3) is 2.97. The van der Waals surface area contributed by atoms with E-state index in [0.29, 0.717) is 11.5 Å². The van der Waals surface area contributed by atoms with E-state index in [1.807, 2.05) is 6.92 Å². The van der Waals surface area contributed by atoms with E-state index in [0.717, 1.165) is 25.7 Å². The van der Waals surface area contributed by atoms with Gasteiger partial charge in [-0.3, -0.25) is 9.71 Å². The molecule has 1 heterocycles. The largest absolute Gasteiger partial charge is 0.480 e. The summed E-state index contributed by atoms with van der Waals surface area (Å²) in [6.07, 6.45) is 4.26. The van der Waals surface area contributed by atoms with Crippen molar-refractivity contribution in [1.82, 2.24) is 4.72 Å². The molecule has 0 spiro atoms. The Morgan fingerprint density at radius 1 is 1.30 bits per heavy atom. The molecule has 0 amide bonds. The van der Waals surface area contributed by atoms with Crippen molar-refractivity contribution in [3.8, 4) is 0 Å². The van der Waals surface area contributed by atoms with Gasteiger partial charge in [0.25, 0.3) is 10.0 Å². The SMILES string of the molecule is CC(C1CCCC1)C(N=C1NS(=O)(=O)c2ccccc21)C(=O)O. The summed E-state index contributed by atoms with van der Waals surface area (Å²) in [5, 5.41) is 9.56. The van der Waals surface area contributed by atoms with Gasteiger partial charge in [0.2, 0.25) is 0 Å². The number of hydrogen-bond acceptors (Lipinski definition) is 4. The zero-order valence-electron chi connectivity index (χ0n) is 12.9. The highest BCUT2D eigenvalue weighted by molar-refractivity contribution is 7.90. The van der Waals surface area contributed by atoms with Crippen molar-refractivity contribution in [3.63, 3.8) is 0 Å². The van der Waals surface area contributed by atoms with Gasteiger partial charge in [0.05, 0.1) is 4.90 Å². The summed E-state index contributed by atoms with van der Waals surface area (Å²) in [7, 11) is -3.64. The van der Waals surface area contributed by atoms with E-state index in [1.54, 1.807) is 18.2 Å². The molecule has 1 aromatic rings. The highest BCUT2D eigenvalue weighted by Gasteiger charge is 2.36. The van der Waals surface area contributed by atoms with E-state index in [4.69, 9.17) is 0 Å². The topological polar surface area (TPSA) is 95.8 Å². The van der Waals surface area contributed by atoms with Gasteiger partial charge in [-0.25, -0.2) is 13.2 Å². The fourth-order valence-electron chi connectivity index (χ4n) is 3.51. The molecule has 1 fully saturated rings. The number of benzene rings is 1. The number of sulfonamides is 1. The molecule has 23 heavy (non-hydrogen) atoms. The van der Waals surface area contributed by atoms with Crippen LogP contribution in [0.4, 0.5) is 0 Å². The van der Waals surface area contributed by atoms with E-state index >= 15 is 0 Å². The molecule has 1 saturated carbocycles. The van der Waals surface area contributed by atoms with Gasteiger partial charge in [0.15, 0.2) is 6.04 Å². The van der Waals surface area contributed by atoms with Crippen LogP contribution in [0.1, 0.15) is 38.2 Å². The maximum atomic E-state index is 12.1. The van der Waals surface area contributed by atoms with Gasteiger partial charge < -0.3 is 5.11 Å². The van der Waals surface area contributed by atoms with Crippen molar-refractivity contribution in [3.05, 3.63) is 29.8 Å². The number of nitrogens with zero attached hydrogens (tertiary/aromatic N) is 1. The Hall–Kier alpha value is -1.89. The van der Waals surface area contributed by atoms with Crippen LogP contribution in [0, 0.1) is 11.8 Å². The minimum absolute atomic E-state index is 0.125. The summed E-state index contributed by atoms with van der Waals surface area (Å²) in [6.45, 7) is 1.90. The Morgan fingerprint density at radius 3 is 2.61 bits per heavy atom. The Morgan fingerprint density at radius 2 is 1.96 bits per heavy atom. The van der Waals surface area contributed by atoms with Crippen LogP contribution < -0.4 is 4.72 Å². The lowest BCUT2D eigenvalue weighted by atomic mass is 9.86. The van der Waals surface area contributed by atoms with Crippen LogP contribution in [-0.2, 0) is 14.8 Å². The van der Waals surface area contributed by atoms with Crippen LogP contribution in [0.2, 0.25) is 0 Å². The molecule has 2 atom stereocenters. The maximum Gasteiger partial charge on any atom is 0.328 e. The molecule has 7 heteroatoms. The number of fused-ring (bicyclic) bond motifs is 1. The molecule has 0 bridgehead atoms. The summed E-state index contributed by atoms with van der Waals surface area (Å²) in [5.74, 6) is -0.674. The zero-order valence-corrected chi connectivity index (χ0v) is 13.7. The first-order chi connectivity index (χ1) is 10.9. The Balaban J connectivity index is 1.96. The predicted molar refractivity (Wildman–Crippen MR) is 85.8 cm³/mol. The van der Waals surface area contributed by atoms with Crippen LogP contribution >= 0.6 is 0 Å². The molecule has 1 aromatic carbocycles. The number of nitrogens with one attached hydrogen (secondary N) is 1. The lowest BCUT2D eigenvalue weighted by molar-refractivity contribution is -0.140. The average molecular weight is 336 g/mol. The Bertz CT molecular complexity index is 751. The molecule has 2 N–H and O–H groups in total. The number of carbonyl (C=O) groups is 1. The van der Waals surface area contributed by atoms with Crippen LogP contribution in [0.5, 0.6) is 0 Å². The van der Waals surface area contributed by atoms with Gasteiger partial charge in [-0.05, 0) is 24.0 Å². The molecular formula is C16H20N2O4S. The highest BCUT2D eigenvalue weighted by atomic mass is 32.2. The van der Waals surface area contributed by atoms with Gasteiger partial charge in [0.1, 0.15) is 5.84 Å². The van der Waals surface area contributed by atoms with Crippen LogP contribution in [0.25, 0.3) is 0 Å². The monoisotopic (exact) mass is 336 g/mol. The molecule has 0 radical (unpaired) electrons. The molecule has 3 rings (SSSR count). The maximum absolute atomic E-state index is 12.1. The fraction of sp³-hybridized carbons (Fsp3) is 0.500. The van der Waals surface area contributed by atoms with E-state index in [2.05, 4.69) is 9.71 Å². The van der Waals surface area contributed by atoms with E-state index in [9.17, 15) is 18.3 Å². The Labute approximate surface area is 135 Å². The number of amidine groups is 1. The molecule has 0 aromatic heterocycles. The van der Waals surface area contributed by atoms with Crippen molar-refractivity contribution in [2.24, 2.45) is 16.8 Å². The summed E-state index contributed by atoms with van der Waals surface area (Å²) in [6, 6.07) is 5.55. The van der Waals surface area contributed by atoms with E-state index < -0.39 is 22.0 Å². The quantitative estimate of drug-likeness (QED) is 0.879. The fourth-order valence-corrected chi connectivity index (χ4v) is 4.75. The van der Waals surface area contributed by atoms with Gasteiger partial charge in [-0.2, -0.15) is 0 Å². The van der Waals surface area contributed by atoms with Gasteiger partial charge in [-0.1, -0.05) is 44.7 Å². The highest BCUT2D eigenvalue weighted by Crippen LogP contribution is 2.34. The first-order valence-corrected chi connectivity index (χ1v) is 9.31. The molecule has 6 nitrogen and oxygen atoms in total. The van der Waals surface area contributed by atoms with Crippen molar-refractivity contribution < 1.29 is 18.3 Å². The molecule has 0 saturated heterocycles. The lowest BCUT2D eigenvalue weighted by Crippen LogP contribution is -2.33. The molecular weight excluding hydrogens is 316 g/mol. The molecule has 2 aliphatic rings. The van der Waals surface area contributed by atoms with Gasteiger partial charge in [-0.15, -0.1) is 0 Å². The number of hydrogen-bond donors (Lipinski definition) is 2. The zero-order chi connectivity index (χ0) is 16.6. The number of carboxylic acid groups (broad SMARTS) is 1. The van der Waals surface area contributed by atoms with Crippen molar-refractivity contribution in [2.75, 3.05) is 0 Å². The Kier molecular flexibility index (Phi) is 4.14. The van der Waals surface area contributed by atoms with E-state index in [-0.39, 0.29) is 16.6 Å². The smallest absolute Gasteiger partial charge is 0.328 e. The minimum Gasteiger partial charge on any atom is -0.480 e. The summed E-state index contributed by atoms with van der Waals surface area (Å²) < 4.78 is 26.6. The van der Waals surface area contributed by atoms with Crippen molar-refractivity contribution in [1.29, 1.82) is 0 Å². The first-order valence-electron chi connectivity index (χ1n) is 7.83. The third-order valence-electron chi connectivity index (χ3n) is 4.83. The molecule has 2 unspecified atom stereocenters. The van der Waals surface area contributed by atoms with Crippen LogP contribution in [-0.4, -0.2) is 31.4 Å². The second-order valence-electron chi connectivity index (χ2n) is 6.27. The average Bonchev–Trinajstić information content (AvgIpc) is 3.12. The summed E-state index contributed by atoms with van der Waals surface area (Å²) in [5.41, 5.74) is 0.442. The van der Waals surface area contributed by atoms with Crippen LogP contribution in [0.3, 0.4) is 0 Å². The summed E-state index contributed by atoms with van der Waals surface area (Å²) >= 11 is 0. The number of rotatable bonds is 4. The summed E-state index contributed by atoms with van der Waals surface area (Å²) in [4.78, 5) is 16.1. The number of aliphatic carboxylic acids is 1. The lowest BCUT2D eigenvalue weighted by Gasteiger charge is -2.23. The first kappa shape index (κ1) is 16.0. The standard InChI is InChI=1S/C16H20N2O4S/c1-10(11-6-2-3-7-11)14(16(19)20)17-15-12-8-4-5-9-13(12)23(21,22)18-15/h4-5,8-11,14H,2-3,6-7H2,1H3,(H,17,18)(H,19,20). The van der Waals surface area contributed by atoms with Gasteiger partial charge in [0, 0.05) is 5.56 Å². The second kappa shape index (κ2) is 5.96. The van der Waals surface area contributed by atoms with Gasteiger partial charge >= 0.3 is 5.97 Å². The number of aliphatic imine (C=N–C) groups is 1. The second-order valence-corrected chi connectivity index (χ2v) is 7.92. The van der Waals surface area contributed by atoms with Crippen molar-refractivity contribution >= 4 is 21.8 Å². The van der Waals surface area contributed by atoms with E-state index in [1.165, 1.54) is 6.07 Å².